The van der Waals surface area contributed by atoms with Gasteiger partial charge < -0.3 is 24.1 Å². The predicted octanol–water partition coefficient (Wildman–Crippen LogP) is 4.84. The minimum absolute atomic E-state index is 0.215. The molecule has 7 nitrogen and oxygen atoms in total. The van der Waals surface area contributed by atoms with E-state index in [0.717, 1.165) is 5.56 Å². The molecule has 160 valence electrons. The van der Waals surface area contributed by atoms with Crippen LogP contribution in [0.3, 0.4) is 0 Å². The first-order chi connectivity index (χ1) is 15.8. The van der Waals surface area contributed by atoms with Crippen LogP contribution >= 0.6 is 0 Å². The molecule has 0 bridgehead atoms. The molecule has 0 atom stereocenters. The van der Waals surface area contributed by atoms with Gasteiger partial charge in [-0.25, -0.2) is 0 Å². The summed E-state index contributed by atoms with van der Waals surface area (Å²) in [6, 6.07) is 23.8. The summed E-state index contributed by atoms with van der Waals surface area (Å²) in [7, 11) is 0. The third kappa shape index (κ3) is 4.27. The molecule has 0 saturated carbocycles. The summed E-state index contributed by atoms with van der Waals surface area (Å²) in [5, 5.41) is 6.94. The molecule has 32 heavy (non-hydrogen) atoms. The van der Waals surface area contributed by atoms with Gasteiger partial charge in [0, 0.05) is 11.6 Å². The van der Waals surface area contributed by atoms with E-state index in [2.05, 4.69) is 10.5 Å². The normalized spacial score (nSPS) is 12.2. The zero-order chi connectivity index (χ0) is 21.8. The zero-order valence-corrected chi connectivity index (χ0v) is 17.1. The van der Waals surface area contributed by atoms with E-state index in [1.54, 1.807) is 24.3 Å². The number of ether oxygens (including phenoxy) is 3. The van der Waals surface area contributed by atoms with Crippen molar-refractivity contribution >= 4 is 5.91 Å². The first-order valence-corrected chi connectivity index (χ1v) is 10.2. The first-order valence-electron chi connectivity index (χ1n) is 10.2. The van der Waals surface area contributed by atoms with Gasteiger partial charge in [0.15, 0.2) is 17.3 Å². The molecule has 3 aromatic carbocycles. The minimum atomic E-state index is -0.264. The van der Waals surface area contributed by atoms with Crippen LogP contribution in [0.5, 0.6) is 23.0 Å². The van der Waals surface area contributed by atoms with E-state index in [1.165, 1.54) is 0 Å². The summed E-state index contributed by atoms with van der Waals surface area (Å²) in [4.78, 5) is 12.8. The van der Waals surface area contributed by atoms with Gasteiger partial charge in [0.2, 0.25) is 0 Å². The highest BCUT2D eigenvalue weighted by Crippen LogP contribution is 2.34. The summed E-state index contributed by atoms with van der Waals surface area (Å²) in [5.74, 6) is 2.85. The third-order valence-corrected chi connectivity index (χ3v) is 4.92. The Morgan fingerprint density at radius 1 is 0.906 bits per heavy atom. The van der Waals surface area contributed by atoms with Gasteiger partial charge in [-0.15, -0.1) is 0 Å². The first kappa shape index (κ1) is 19.7. The van der Waals surface area contributed by atoms with Gasteiger partial charge in [0.25, 0.3) is 5.91 Å². The Balaban J connectivity index is 1.26. The Morgan fingerprint density at radius 2 is 1.69 bits per heavy atom. The van der Waals surface area contributed by atoms with Crippen LogP contribution in [0.15, 0.2) is 83.4 Å². The number of benzene rings is 3. The number of hydrogen-bond acceptors (Lipinski definition) is 6. The Labute approximate surface area is 184 Å². The van der Waals surface area contributed by atoms with Gasteiger partial charge in [-0.1, -0.05) is 35.5 Å². The standard InChI is InChI=1S/C25H20N2O5/c28-25(20-8-4-5-9-21(20)31-19-6-2-1-3-7-19)26-16-18-15-23(32-27-18)17-10-11-22-24(14-17)30-13-12-29-22/h1-11,14-15H,12-13,16H2,(H,26,28). The number of carbonyl (C=O) groups excluding carboxylic acids is 1. The van der Waals surface area contributed by atoms with E-state index in [4.69, 9.17) is 18.7 Å². The Hall–Kier alpha value is -4.26. The molecule has 1 amide bonds. The number of amides is 1. The highest BCUT2D eigenvalue weighted by Gasteiger charge is 2.16. The Morgan fingerprint density at radius 3 is 2.56 bits per heavy atom. The smallest absolute Gasteiger partial charge is 0.255 e. The van der Waals surface area contributed by atoms with Crippen molar-refractivity contribution in [2.24, 2.45) is 0 Å². The fraction of sp³-hybridized carbons (Fsp3) is 0.120. The van der Waals surface area contributed by atoms with Crippen molar-refractivity contribution in [3.8, 4) is 34.3 Å². The fourth-order valence-electron chi connectivity index (χ4n) is 3.35. The predicted molar refractivity (Wildman–Crippen MR) is 117 cm³/mol. The summed E-state index contributed by atoms with van der Waals surface area (Å²) in [6.07, 6.45) is 0. The van der Waals surface area contributed by atoms with Gasteiger partial charge in [-0.05, 0) is 42.5 Å². The average molecular weight is 428 g/mol. The van der Waals surface area contributed by atoms with Crippen molar-refractivity contribution < 1.29 is 23.5 Å². The van der Waals surface area contributed by atoms with Crippen LogP contribution < -0.4 is 19.5 Å². The van der Waals surface area contributed by atoms with E-state index in [0.29, 0.717) is 53.2 Å². The monoisotopic (exact) mass is 428 g/mol. The molecule has 2 heterocycles. The lowest BCUT2D eigenvalue weighted by molar-refractivity contribution is 0.0948. The Kier molecular flexibility index (Phi) is 5.45. The van der Waals surface area contributed by atoms with Gasteiger partial charge in [-0.2, -0.15) is 0 Å². The lowest BCUT2D eigenvalue weighted by atomic mass is 10.1. The van der Waals surface area contributed by atoms with Crippen molar-refractivity contribution in [2.75, 3.05) is 13.2 Å². The average Bonchev–Trinajstić information content (AvgIpc) is 3.32. The largest absolute Gasteiger partial charge is 0.486 e. The van der Waals surface area contributed by atoms with E-state index in [9.17, 15) is 4.79 Å². The fourth-order valence-corrected chi connectivity index (χ4v) is 3.35. The zero-order valence-electron chi connectivity index (χ0n) is 17.1. The third-order valence-electron chi connectivity index (χ3n) is 4.92. The van der Waals surface area contributed by atoms with Gasteiger partial charge in [0.1, 0.15) is 30.4 Å². The molecule has 7 heteroatoms. The highest BCUT2D eigenvalue weighted by atomic mass is 16.6. The molecule has 1 aliphatic heterocycles. The van der Waals surface area contributed by atoms with Crippen molar-refractivity contribution in [3.63, 3.8) is 0 Å². The second-order valence-corrected chi connectivity index (χ2v) is 7.13. The maximum absolute atomic E-state index is 12.8. The van der Waals surface area contributed by atoms with Gasteiger partial charge in [-0.3, -0.25) is 4.79 Å². The molecular formula is C25H20N2O5. The van der Waals surface area contributed by atoms with E-state index in [1.807, 2.05) is 54.6 Å². The van der Waals surface area contributed by atoms with Crippen LogP contribution in [0.1, 0.15) is 16.1 Å². The second-order valence-electron chi connectivity index (χ2n) is 7.13. The molecule has 0 radical (unpaired) electrons. The molecule has 1 aliphatic rings. The van der Waals surface area contributed by atoms with Crippen LogP contribution in [0.4, 0.5) is 0 Å². The number of nitrogens with one attached hydrogen (secondary N) is 1. The van der Waals surface area contributed by atoms with Crippen LogP contribution in [-0.4, -0.2) is 24.3 Å². The molecular weight excluding hydrogens is 408 g/mol. The summed E-state index contributed by atoms with van der Waals surface area (Å²) >= 11 is 0. The van der Waals surface area contributed by atoms with Crippen molar-refractivity contribution in [3.05, 3.63) is 90.1 Å². The number of rotatable bonds is 6. The Bertz CT molecular complexity index is 1240. The SMILES string of the molecule is O=C(NCc1cc(-c2ccc3c(c2)OCCO3)on1)c1ccccc1Oc1ccccc1. The van der Waals surface area contributed by atoms with Crippen molar-refractivity contribution in [1.29, 1.82) is 0 Å². The number of para-hydroxylation sites is 2. The lowest BCUT2D eigenvalue weighted by Gasteiger charge is -2.18. The molecule has 0 saturated heterocycles. The molecule has 0 aliphatic carbocycles. The van der Waals surface area contributed by atoms with Gasteiger partial charge >= 0.3 is 0 Å². The number of fused-ring (bicyclic) bond motifs is 1. The molecule has 1 N–H and O–H groups in total. The lowest BCUT2D eigenvalue weighted by Crippen LogP contribution is -2.23. The number of nitrogens with zero attached hydrogens (tertiary/aromatic N) is 1. The molecule has 5 rings (SSSR count). The minimum Gasteiger partial charge on any atom is -0.486 e. The van der Waals surface area contributed by atoms with Crippen molar-refractivity contribution in [1.82, 2.24) is 10.5 Å². The van der Waals surface area contributed by atoms with E-state index in [-0.39, 0.29) is 12.5 Å². The molecule has 4 aromatic rings. The maximum Gasteiger partial charge on any atom is 0.255 e. The molecule has 1 aromatic heterocycles. The molecule has 0 spiro atoms. The quantitative estimate of drug-likeness (QED) is 0.473. The van der Waals surface area contributed by atoms with Gasteiger partial charge in [0.05, 0.1) is 12.1 Å². The number of carbonyl (C=O) groups is 1. The van der Waals surface area contributed by atoms with Crippen molar-refractivity contribution in [2.45, 2.75) is 6.54 Å². The highest BCUT2D eigenvalue weighted by molar-refractivity contribution is 5.97. The van der Waals surface area contributed by atoms with Crippen LogP contribution in [0, 0.1) is 0 Å². The number of aromatic nitrogens is 1. The molecule has 0 fully saturated rings. The summed E-state index contributed by atoms with van der Waals surface area (Å²) in [6.45, 7) is 1.27. The second kappa shape index (κ2) is 8.85. The molecule has 0 unspecified atom stereocenters. The van der Waals surface area contributed by atoms with E-state index >= 15 is 0 Å². The maximum atomic E-state index is 12.8. The van der Waals surface area contributed by atoms with E-state index < -0.39 is 0 Å². The number of hydrogen-bond donors (Lipinski definition) is 1. The van der Waals surface area contributed by atoms with Crippen LogP contribution in [0.2, 0.25) is 0 Å². The van der Waals surface area contributed by atoms with Crippen LogP contribution in [0.25, 0.3) is 11.3 Å². The topological polar surface area (TPSA) is 82.8 Å². The van der Waals surface area contributed by atoms with Crippen LogP contribution in [-0.2, 0) is 6.54 Å². The summed E-state index contributed by atoms with van der Waals surface area (Å²) < 4.78 is 22.5. The summed E-state index contributed by atoms with van der Waals surface area (Å²) in [5.41, 5.74) is 1.86.